The molecule has 0 aliphatic carbocycles. The predicted octanol–water partition coefficient (Wildman–Crippen LogP) is 6.51. The number of hydrogen-bond donors (Lipinski definition) is 0. The van der Waals surface area contributed by atoms with Gasteiger partial charge in [-0.25, -0.2) is 4.98 Å². The number of ether oxygens (including phenoxy) is 1. The summed E-state index contributed by atoms with van der Waals surface area (Å²) in [6.07, 6.45) is 0. The molecule has 0 saturated carbocycles. The summed E-state index contributed by atoms with van der Waals surface area (Å²) in [5.41, 5.74) is 1.76. The molecule has 0 unspecified atom stereocenters. The average Bonchev–Trinajstić information content (AvgIpc) is 2.64. The smallest absolute Gasteiger partial charge is 0.230 e. The van der Waals surface area contributed by atoms with E-state index < -0.39 is 0 Å². The minimum atomic E-state index is 0.519. The Labute approximate surface area is 158 Å². The fourth-order valence-electron chi connectivity index (χ4n) is 2.47. The second-order valence-electron chi connectivity index (χ2n) is 5.43. The first-order chi connectivity index (χ1) is 12.2. The highest BCUT2D eigenvalue weighted by atomic mass is 79.9. The molecule has 4 aromatic rings. The van der Waals surface area contributed by atoms with Crippen LogP contribution in [0.2, 0.25) is 5.02 Å². The van der Waals surface area contributed by atoms with Crippen LogP contribution >= 0.6 is 27.5 Å². The van der Waals surface area contributed by atoms with Gasteiger partial charge in [0.05, 0.1) is 10.9 Å². The van der Waals surface area contributed by atoms with E-state index in [2.05, 4.69) is 25.9 Å². The Kier molecular flexibility index (Phi) is 4.38. The molecule has 5 heteroatoms. The van der Waals surface area contributed by atoms with Crippen LogP contribution in [0, 0.1) is 0 Å². The summed E-state index contributed by atoms with van der Waals surface area (Å²) in [4.78, 5) is 9.30. The van der Waals surface area contributed by atoms with Crippen molar-refractivity contribution in [3.8, 4) is 23.0 Å². The first-order valence-electron chi connectivity index (χ1n) is 7.65. The van der Waals surface area contributed by atoms with Gasteiger partial charge in [0, 0.05) is 15.1 Å². The van der Waals surface area contributed by atoms with Crippen molar-refractivity contribution >= 4 is 38.4 Å². The Morgan fingerprint density at radius 2 is 1.52 bits per heavy atom. The van der Waals surface area contributed by atoms with Gasteiger partial charge in [-0.3, -0.25) is 0 Å². The van der Waals surface area contributed by atoms with E-state index in [-0.39, 0.29) is 0 Å². The van der Waals surface area contributed by atoms with Crippen molar-refractivity contribution in [2.75, 3.05) is 0 Å². The normalized spacial score (nSPS) is 10.8. The molecule has 4 rings (SSSR count). The molecular formula is C20H12BrClN2O. The molecule has 3 nitrogen and oxygen atoms in total. The molecule has 0 N–H and O–H groups in total. The number of fused-ring (bicyclic) bond motifs is 1. The third kappa shape index (κ3) is 3.50. The number of para-hydroxylation sites is 1. The molecule has 0 radical (unpaired) electrons. The van der Waals surface area contributed by atoms with Crippen molar-refractivity contribution in [3.63, 3.8) is 0 Å². The summed E-state index contributed by atoms with van der Waals surface area (Å²) >= 11 is 9.39. The maximum absolute atomic E-state index is 6.01. The molecule has 0 amide bonds. The highest BCUT2D eigenvalue weighted by molar-refractivity contribution is 9.10. The second-order valence-corrected chi connectivity index (χ2v) is 6.78. The van der Waals surface area contributed by atoms with E-state index in [4.69, 9.17) is 16.3 Å². The van der Waals surface area contributed by atoms with Gasteiger partial charge < -0.3 is 4.74 Å². The van der Waals surface area contributed by atoms with Crippen LogP contribution < -0.4 is 4.74 Å². The SMILES string of the molecule is Clc1ccc(Oc2nc(-c3ccc(Br)cc3)nc3ccccc23)cc1. The highest BCUT2D eigenvalue weighted by Crippen LogP contribution is 2.30. The van der Waals surface area contributed by atoms with E-state index in [0.717, 1.165) is 20.9 Å². The topological polar surface area (TPSA) is 35.0 Å². The van der Waals surface area contributed by atoms with E-state index in [1.54, 1.807) is 12.1 Å². The minimum Gasteiger partial charge on any atom is -0.438 e. The molecule has 0 saturated heterocycles. The fourth-order valence-corrected chi connectivity index (χ4v) is 2.86. The summed E-state index contributed by atoms with van der Waals surface area (Å²) in [5, 5.41) is 1.52. The lowest BCUT2D eigenvalue weighted by Gasteiger charge is -2.10. The molecule has 3 aromatic carbocycles. The molecule has 25 heavy (non-hydrogen) atoms. The Balaban J connectivity index is 1.83. The third-order valence-corrected chi connectivity index (χ3v) is 4.48. The fraction of sp³-hybridized carbons (Fsp3) is 0. The number of nitrogens with zero attached hydrogens (tertiary/aromatic N) is 2. The lowest BCUT2D eigenvalue weighted by molar-refractivity contribution is 0.469. The molecule has 1 heterocycles. The Hall–Kier alpha value is -2.43. The quantitative estimate of drug-likeness (QED) is 0.386. The van der Waals surface area contributed by atoms with E-state index in [9.17, 15) is 0 Å². The van der Waals surface area contributed by atoms with Crippen LogP contribution in [0.1, 0.15) is 0 Å². The van der Waals surface area contributed by atoms with Gasteiger partial charge in [-0.1, -0.05) is 51.8 Å². The van der Waals surface area contributed by atoms with Gasteiger partial charge in [0.25, 0.3) is 0 Å². The van der Waals surface area contributed by atoms with Gasteiger partial charge in [0.15, 0.2) is 5.82 Å². The largest absolute Gasteiger partial charge is 0.438 e. The number of aromatic nitrogens is 2. The van der Waals surface area contributed by atoms with Crippen LogP contribution in [-0.2, 0) is 0 Å². The Morgan fingerprint density at radius 1 is 0.800 bits per heavy atom. The van der Waals surface area contributed by atoms with E-state index in [1.807, 2.05) is 60.7 Å². The monoisotopic (exact) mass is 410 g/mol. The number of halogens is 2. The average molecular weight is 412 g/mol. The molecule has 1 aromatic heterocycles. The number of hydrogen-bond acceptors (Lipinski definition) is 3. The van der Waals surface area contributed by atoms with Crippen molar-refractivity contribution in [3.05, 3.63) is 82.3 Å². The highest BCUT2D eigenvalue weighted by Gasteiger charge is 2.11. The lowest BCUT2D eigenvalue weighted by atomic mass is 10.2. The Bertz CT molecular complexity index is 1030. The van der Waals surface area contributed by atoms with E-state index >= 15 is 0 Å². The summed E-state index contributed by atoms with van der Waals surface area (Å²) in [7, 11) is 0. The van der Waals surface area contributed by atoms with Crippen LogP contribution in [0.25, 0.3) is 22.3 Å². The van der Waals surface area contributed by atoms with Gasteiger partial charge in [0.2, 0.25) is 5.88 Å². The summed E-state index contributed by atoms with van der Waals surface area (Å²) < 4.78 is 7.02. The molecule has 0 aliphatic rings. The summed E-state index contributed by atoms with van der Waals surface area (Å²) in [6, 6.07) is 22.9. The van der Waals surface area contributed by atoms with Crippen LogP contribution in [0.3, 0.4) is 0 Å². The van der Waals surface area contributed by atoms with Crippen molar-refractivity contribution < 1.29 is 4.74 Å². The molecular weight excluding hydrogens is 400 g/mol. The number of rotatable bonds is 3. The van der Waals surface area contributed by atoms with Crippen molar-refractivity contribution in [1.82, 2.24) is 9.97 Å². The van der Waals surface area contributed by atoms with Crippen LogP contribution in [0.5, 0.6) is 11.6 Å². The molecule has 0 bridgehead atoms. The molecule has 0 fully saturated rings. The zero-order valence-corrected chi connectivity index (χ0v) is 15.3. The van der Waals surface area contributed by atoms with E-state index in [1.165, 1.54) is 0 Å². The zero-order valence-electron chi connectivity index (χ0n) is 13.0. The maximum Gasteiger partial charge on any atom is 0.230 e. The first kappa shape index (κ1) is 16.1. The zero-order chi connectivity index (χ0) is 17.2. The first-order valence-corrected chi connectivity index (χ1v) is 8.82. The number of benzene rings is 3. The van der Waals surface area contributed by atoms with E-state index in [0.29, 0.717) is 22.5 Å². The summed E-state index contributed by atoms with van der Waals surface area (Å²) in [6.45, 7) is 0. The summed E-state index contributed by atoms with van der Waals surface area (Å²) in [5.74, 6) is 1.82. The standard InChI is InChI=1S/C20H12BrClN2O/c21-14-7-5-13(6-8-14)19-23-18-4-2-1-3-17(18)20(24-19)25-16-11-9-15(22)10-12-16/h1-12H. The van der Waals surface area contributed by atoms with Gasteiger partial charge in [-0.05, 0) is 48.5 Å². The van der Waals surface area contributed by atoms with Gasteiger partial charge >= 0.3 is 0 Å². The third-order valence-electron chi connectivity index (χ3n) is 3.70. The van der Waals surface area contributed by atoms with Crippen molar-refractivity contribution in [1.29, 1.82) is 0 Å². The van der Waals surface area contributed by atoms with Gasteiger partial charge in [-0.15, -0.1) is 0 Å². The maximum atomic E-state index is 6.01. The molecule has 0 aliphatic heterocycles. The second kappa shape index (κ2) is 6.82. The predicted molar refractivity (Wildman–Crippen MR) is 104 cm³/mol. The Morgan fingerprint density at radius 3 is 2.28 bits per heavy atom. The lowest BCUT2D eigenvalue weighted by Crippen LogP contribution is -1.96. The molecule has 0 atom stereocenters. The van der Waals surface area contributed by atoms with Crippen molar-refractivity contribution in [2.45, 2.75) is 0 Å². The van der Waals surface area contributed by atoms with Crippen LogP contribution in [0.4, 0.5) is 0 Å². The van der Waals surface area contributed by atoms with Gasteiger partial charge in [-0.2, -0.15) is 4.98 Å². The minimum absolute atomic E-state index is 0.519. The van der Waals surface area contributed by atoms with Gasteiger partial charge in [0.1, 0.15) is 5.75 Å². The van der Waals surface area contributed by atoms with Crippen LogP contribution in [-0.4, -0.2) is 9.97 Å². The van der Waals surface area contributed by atoms with Crippen molar-refractivity contribution in [2.24, 2.45) is 0 Å². The molecule has 122 valence electrons. The van der Waals surface area contributed by atoms with Crippen LogP contribution in [0.15, 0.2) is 77.3 Å². The molecule has 0 spiro atoms.